The van der Waals surface area contributed by atoms with Crippen molar-refractivity contribution in [3.8, 4) is 11.8 Å². The van der Waals surface area contributed by atoms with Crippen LogP contribution >= 0.6 is 0 Å². The van der Waals surface area contributed by atoms with Crippen LogP contribution in [0.25, 0.3) is 0 Å². The smallest absolute Gasteiger partial charge is 0.240 e. The Morgan fingerprint density at radius 1 is 1.16 bits per heavy atom. The molecule has 1 aromatic heterocycles. The molecular formula is C14H23N3O2. The topological polar surface area (TPSA) is 70.3 Å². The Kier molecular flexibility index (Phi) is 4.96. The molecule has 19 heavy (non-hydrogen) atoms. The second-order valence-corrected chi connectivity index (χ2v) is 5.08. The van der Waals surface area contributed by atoms with Gasteiger partial charge in [-0.25, -0.2) is 4.98 Å². The van der Waals surface area contributed by atoms with Gasteiger partial charge in [0.2, 0.25) is 11.8 Å². The monoisotopic (exact) mass is 265 g/mol. The summed E-state index contributed by atoms with van der Waals surface area (Å²) >= 11 is 0. The standard InChI is InChI=1S/C14H23N3O2/c1-18-11-9-16-13(14(17-11)19-2)12(15)10-7-5-3-4-6-8-10/h9-10,12H,3-8,15H2,1-2H3. The fourth-order valence-corrected chi connectivity index (χ4v) is 2.74. The molecule has 5 heteroatoms. The quantitative estimate of drug-likeness (QED) is 0.847. The maximum atomic E-state index is 6.38. The van der Waals surface area contributed by atoms with Gasteiger partial charge in [-0.1, -0.05) is 25.7 Å². The number of hydrogen-bond acceptors (Lipinski definition) is 5. The highest BCUT2D eigenvalue weighted by Gasteiger charge is 2.25. The molecule has 0 aromatic carbocycles. The van der Waals surface area contributed by atoms with E-state index in [1.54, 1.807) is 20.4 Å². The molecule has 2 rings (SSSR count). The highest BCUT2D eigenvalue weighted by atomic mass is 16.5. The fourth-order valence-electron chi connectivity index (χ4n) is 2.74. The summed E-state index contributed by atoms with van der Waals surface area (Å²) in [4.78, 5) is 8.65. The summed E-state index contributed by atoms with van der Waals surface area (Å²) in [7, 11) is 3.15. The van der Waals surface area contributed by atoms with Crippen molar-refractivity contribution in [2.24, 2.45) is 11.7 Å². The van der Waals surface area contributed by atoms with Gasteiger partial charge < -0.3 is 15.2 Å². The summed E-state index contributed by atoms with van der Waals surface area (Å²) in [5, 5.41) is 0. The van der Waals surface area contributed by atoms with Crippen molar-refractivity contribution in [1.82, 2.24) is 9.97 Å². The SMILES string of the molecule is COc1cnc(C(N)C2CCCCCC2)c(OC)n1. The summed E-state index contributed by atoms with van der Waals surface area (Å²) < 4.78 is 10.4. The number of nitrogens with two attached hydrogens (primary N) is 1. The Balaban J connectivity index is 2.19. The summed E-state index contributed by atoms with van der Waals surface area (Å²) in [6.07, 6.45) is 9.07. The average molecular weight is 265 g/mol. The molecular weight excluding hydrogens is 242 g/mol. The first-order chi connectivity index (χ1) is 9.26. The molecule has 0 spiro atoms. The van der Waals surface area contributed by atoms with Gasteiger partial charge in [-0.05, 0) is 18.8 Å². The lowest BCUT2D eigenvalue weighted by molar-refractivity contribution is 0.330. The zero-order valence-electron chi connectivity index (χ0n) is 11.8. The largest absolute Gasteiger partial charge is 0.480 e. The van der Waals surface area contributed by atoms with E-state index in [4.69, 9.17) is 15.2 Å². The lowest BCUT2D eigenvalue weighted by Gasteiger charge is -2.22. The van der Waals surface area contributed by atoms with Crippen molar-refractivity contribution < 1.29 is 9.47 Å². The average Bonchev–Trinajstić information content (AvgIpc) is 2.74. The van der Waals surface area contributed by atoms with Gasteiger partial charge in [0, 0.05) is 0 Å². The molecule has 106 valence electrons. The third-order valence-electron chi connectivity index (χ3n) is 3.87. The van der Waals surface area contributed by atoms with E-state index in [-0.39, 0.29) is 6.04 Å². The molecule has 1 atom stereocenters. The van der Waals surface area contributed by atoms with Crippen LogP contribution in [0.3, 0.4) is 0 Å². The summed E-state index contributed by atoms with van der Waals surface area (Å²) in [5.41, 5.74) is 7.13. The van der Waals surface area contributed by atoms with Gasteiger partial charge in [0.05, 0.1) is 26.5 Å². The maximum Gasteiger partial charge on any atom is 0.240 e. The normalized spacial score (nSPS) is 18.7. The minimum Gasteiger partial charge on any atom is -0.480 e. The van der Waals surface area contributed by atoms with Crippen LogP contribution in [-0.2, 0) is 0 Å². The van der Waals surface area contributed by atoms with Crippen molar-refractivity contribution in [2.45, 2.75) is 44.6 Å². The Labute approximate surface area is 114 Å². The predicted octanol–water partition coefficient (Wildman–Crippen LogP) is 2.46. The van der Waals surface area contributed by atoms with Crippen LogP contribution in [0.5, 0.6) is 11.8 Å². The van der Waals surface area contributed by atoms with E-state index in [1.807, 2.05) is 0 Å². The minimum atomic E-state index is -0.105. The van der Waals surface area contributed by atoms with E-state index in [0.29, 0.717) is 17.7 Å². The van der Waals surface area contributed by atoms with Gasteiger partial charge in [-0.15, -0.1) is 0 Å². The van der Waals surface area contributed by atoms with E-state index < -0.39 is 0 Å². The fraction of sp³-hybridized carbons (Fsp3) is 0.714. The third kappa shape index (κ3) is 3.35. The second-order valence-electron chi connectivity index (χ2n) is 5.08. The van der Waals surface area contributed by atoms with Gasteiger partial charge in [0.1, 0.15) is 5.69 Å². The van der Waals surface area contributed by atoms with E-state index in [9.17, 15) is 0 Å². The summed E-state index contributed by atoms with van der Waals surface area (Å²) in [6, 6.07) is -0.105. The van der Waals surface area contributed by atoms with Crippen molar-refractivity contribution >= 4 is 0 Å². The Bertz CT molecular complexity index is 404. The van der Waals surface area contributed by atoms with Gasteiger partial charge in [0.15, 0.2) is 0 Å². The molecule has 0 amide bonds. The second kappa shape index (κ2) is 6.70. The predicted molar refractivity (Wildman–Crippen MR) is 73.3 cm³/mol. The number of nitrogens with zero attached hydrogens (tertiary/aromatic N) is 2. The zero-order chi connectivity index (χ0) is 13.7. The van der Waals surface area contributed by atoms with E-state index in [0.717, 1.165) is 18.5 Å². The van der Waals surface area contributed by atoms with Gasteiger partial charge >= 0.3 is 0 Å². The number of methoxy groups -OCH3 is 2. The molecule has 1 fully saturated rings. The zero-order valence-corrected chi connectivity index (χ0v) is 11.8. The summed E-state index contributed by atoms with van der Waals surface area (Å²) in [5.74, 6) is 1.41. The summed E-state index contributed by atoms with van der Waals surface area (Å²) in [6.45, 7) is 0. The molecule has 0 radical (unpaired) electrons. The molecule has 0 saturated heterocycles. The first-order valence-corrected chi connectivity index (χ1v) is 6.96. The number of rotatable bonds is 4. The lowest BCUT2D eigenvalue weighted by atomic mass is 9.90. The lowest BCUT2D eigenvalue weighted by Crippen LogP contribution is -2.23. The molecule has 1 aromatic rings. The van der Waals surface area contributed by atoms with Gasteiger partial charge in [-0.2, -0.15) is 4.98 Å². The Morgan fingerprint density at radius 2 is 1.84 bits per heavy atom. The molecule has 1 heterocycles. The molecule has 1 unspecified atom stereocenters. The van der Waals surface area contributed by atoms with Crippen molar-refractivity contribution in [3.05, 3.63) is 11.9 Å². The maximum absolute atomic E-state index is 6.38. The molecule has 0 aliphatic heterocycles. The number of hydrogen-bond donors (Lipinski definition) is 1. The highest BCUT2D eigenvalue weighted by molar-refractivity contribution is 5.26. The van der Waals surface area contributed by atoms with Gasteiger partial charge in [0.25, 0.3) is 0 Å². The van der Waals surface area contributed by atoms with Crippen molar-refractivity contribution in [2.75, 3.05) is 14.2 Å². The molecule has 2 N–H and O–H groups in total. The first kappa shape index (κ1) is 14.1. The van der Waals surface area contributed by atoms with Crippen molar-refractivity contribution in [3.63, 3.8) is 0 Å². The van der Waals surface area contributed by atoms with Crippen LogP contribution in [0.1, 0.15) is 50.3 Å². The van der Waals surface area contributed by atoms with Crippen LogP contribution in [0.15, 0.2) is 6.20 Å². The molecule has 1 aliphatic carbocycles. The highest BCUT2D eigenvalue weighted by Crippen LogP contribution is 2.34. The number of ether oxygens (including phenoxy) is 2. The van der Waals surface area contributed by atoms with Crippen LogP contribution in [-0.4, -0.2) is 24.2 Å². The molecule has 1 aliphatic rings. The van der Waals surface area contributed by atoms with Crippen LogP contribution in [0.2, 0.25) is 0 Å². The van der Waals surface area contributed by atoms with Crippen molar-refractivity contribution in [1.29, 1.82) is 0 Å². The molecule has 0 bridgehead atoms. The number of aromatic nitrogens is 2. The Hall–Kier alpha value is -1.36. The third-order valence-corrected chi connectivity index (χ3v) is 3.87. The van der Waals surface area contributed by atoms with E-state index >= 15 is 0 Å². The van der Waals surface area contributed by atoms with Gasteiger partial charge in [-0.3, -0.25) is 0 Å². The molecule has 1 saturated carbocycles. The van der Waals surface area contributed by atoms with Crippen LogP contribution in [0.4, 0.5) is 0 Å². The first-order valence-electron chi connectivity index (χ1n) is 6.96. The molecule has 5 nitrogen and oxygen atoms in total. The van der Waals surface area contributed by atoms with E-state index in [1.165, 1.54) is 25.7 Å². The van der Waals surface area contributed by atoms with Crippen LogP contribution < -0.4 is 15.2 Å². The van der Waals surface area contributed by atoms with Crippen LogP contribution in [0, 0.1) is 5.92 Å². The minimum absolute atomic E-state index is 0.105. The van der Waals surface area contributed by atoms with E-state index in [2.05, 4.69) is 9.97 Å². The Morgan fingerprint density at radius 3 is 2.42 bits per heavy atom.